The minimum atomic E-state index is -4.53. The standard InChI is InChI=1S/C24H34F3N3O3/c1-15(2)29(3)19-8-9-21(17(13-19)14-33-4)30-11-10-20(23(30)32)28-22(31)16-6-5-7-18(12-16)24(25,26)27/h5-7,12,15,17,19-21H,8-11,13-14H2,1-4H3,(H,28,31)/t17-,19+,20-,21-/m0/s1. The Hall–Kier alpha value is -2.13. The zero-order valence-electron chi connectivity index (χ0n) is 19.7. The Morgan fingerprint density at radius 1 is 1.27 bits per heavy atom. The number of carbonyl (C=O) groups is 2. The van der Waals surface area contributed by atoms with Gasteiger partial charge in [-0.25, -0.2) is 0 Å². The molecule has 4 atom stereocenters. The van der Waals surface area contributed by atoms with Crippen LogP contribution in [-0.2, 0) is 15.7 Å². The maximum Gasteiger partial charge on any atom is 0.416 e. The maximum atomic E-state index is 13.2. The van der Waals surface area contributed by atoms with Crippen molar-refractivity contribution in [2.75, 3.05) is 27.3 Å². The quantitative estimate of drug-likeness (QED) is 0.664. The van der Waals surface area contributed by atoms with Crippen LogP contribution >= 0.6 is 0 Å². The van der Waals surface area contributed by atoms with Crippen molar-refractivity contribution < 1.29 is 27.5 Å². The van der Waals surface area contributed by atoms with Crippen molar-refractivity contribution in [1.82, 2.24) is 15.1 Å². The molecule has 3 rings (SSSR count). The van der Waals surface area contributed by atoms with E-state index >= 15 is 0 Å². The number of hydrogen-bond acceptors (Lipinski definition) is 4. The van der Waals surface area contributed by atoms with E-state index in [1.807, 2.05) is 4.90 Å². The Balaban J connectivity index is 1.66. The molecule has 9 heteroatoms. The number of ether oxygens (including phenoxy) is 1. The molecule has 0 bridgehead atoms. The molecule has 0 unspecified atom stereocenters. The van der Waals surface area contributed by atoms with Crippen LogP contribution in [0.1, 0.15) is 55.5 Å². The molecule has 0 spiro atoms. The summed E-state index contributed by atoms with van der Waals surface area (Å²) in [6.45, 7) is 5.40. The van der Waals surface area contributed by atoms with Gasteiger partial charge in [0, 0.05) is 43.3 Å². The van der Waals surface area contributed by atoms with Crippen LogP contribution in [-0.4, -0.2) is 73.1 Å². The van der Waals surface area contributed by atoms with E-state index in [1.54, 1.807) is 7.11 Å². The number of carbonyl (C=O) groups excluding carboxylic acids is 2. The molecule has 1 saturated heterocycles. The van der Waals surface area contributed by atoms with Crippen molar-refractivity contribution in [2.45, 2.75) is 69.9 Å². The Morgan fingerprint density at radius 2 is 2.00 bits per heavy atom. The molecule has 0 aromatic heterocycles. The Labute approximate surface area is 193 Å². The van der Waals surface area contributed by atoms with Crippen LogP contribution in [0.4, 0.5) is 13.2 Å². The van der Waals surface area contributed by atoms with E-state index in [0.717, 1.165) is 31.4 Å². The average molecular weight is 470 g/mol. The van der Waals surface area contributed by atoms with Gasteiger partial charge in [0.15, 0.2) is 0 Å². The number of nitrogens with zero attached hydrogens (tertiary/aromatic N) is 2. The predicted molar refractivity (Wildman–Crippen MR) is 119 cm³/mol. The lowest BCUT2D eigenvalue weighted by Gasteiger charge is -2.44. The highest BCUT2D eigenvalue weighted by Gasteiger charge is 2.43. The zero-order valence-corrected chi connectivity index (χ0v) is 19.7. The highest BCUT2D eigenvalue weighted by Crippen LogP contribution is 2.34. The average Bonchev–Trinajstić information content (AvgIpc) is 3.12. The summed E-state index contributed by atoms with van der Waals surface area (Å²) in [5.41, 5.74) is -0.995. The molecule has 184 valence electrons. The maximum absolute atomic E-state index is 13.2. The number of hydrogen-bond donors (Lipinski definition) is 1. The first-order valence-electron chi connectivity index (χ1n) is 11.5. The molecule has 1 aromatic rings. The Kier molecular flexibility index (Phi) is 8.05. The highest BCUT2D eigenvalue weighted by atomic mass is 19.4. The summed E-state index contributed by atoms with van der Waals surface area (Å²) >= 11 is 0. The van der Waals surface area contributed by atoms with Crippen LogP contribution < -0.4 is 5.32 Å². The molecule has 1 N–H and O–H groups in total. The van der Waals surface area contributed by atoms with E-state index in [-0.39, 0.29) is 23.4 Å². The monoisotopic (exact) mass is 469 g/mol. The van der Waals surface area contributed by atoms with Gasteiger partial charge in [-0.15, -0.1) is 0 Å². The lowest BCUT2D eigenvalue weighted by molar-refractivity contribution is -0.137. The number of amides is 2. The van der Waals surface area contributed by atoms with Crippen LogP contribution in [0.15, 0.2) is 24.3 Å². The second kappa shape index (κ2) is 10.4. The molecule has 1 aliphatic heterocycles. The number of halogens is 3. The van der Waals surface area contributed by atoms with Crippen LogP contribution in [0.5, 0.6) is 0 Å². The van der Waals surface area contributed by atoms with Gasteiger partial charge < -0.3 is 19.9 Å². The van der Waals surface area contributed by atoms with Gasteiger partial charge in [-0.05, 0) is 64.8 Å². The molecule has 1 heterocycles. The summed E-state index contributed by atoms with van der Waals surface area (Å²) < 4.78 is 44.4. The van der Waals surface area contributed by atoms with E-state index in [2.05, 4.69) is 31.1 Å². The third-order valence-electron chi connectivity index (χ3n) is 7.08. The first kappa shape index (κ1) is 25.5. The topological polar surface area (TPSA) is 61.9 Å². The lowest BCUT2D eigenvalue weighted by atomic mass is 9.80. The van der Waals surface area contributed by atoms with Crippen LogP contribution in [0.2, 0.25) is 0 Å². The molecule has 2 amide bonds. The Bertz CT molecular complexity index is 846. The number of rotatable bonds is 7. The third-order valence-corrected chi connectivity index (χ3v) is 7.08. The SMILES string of the molecule is COC[C@@H]1C[C@H](N(C)C(C)C)CC[C@@H]1N1CC[C@H](NC(=O)c2cccc(C(F)(F)F)c2)C1=O. The summed E-state index contributed by atoms with van der Waals surface area (Å²) in [5.74, 6) is -0.647. The van der Waals surface area contributed by atoms with Crippen molar-refractivity contribution in [3.05, 3.63) is 35.4 Å². The predicted octanol–water partition coefficient (Wildman–Crippen LogP) is 3.56. The highest BCUT2D eigenvalue weighted by molar-refractivity contribution is 5.98. The number of methoxy groups -OCH3 is 1. The fraction of sp³-hybridized carbons (Fsp3) is 0.667. The molecule has 1 aromatic carbocycles. The van der Waals surface area contributed by atoms with E-state index in [9.17, 15) is 22.8 Å². The normalized spacial score (nSPS) is 26.3. The molecule has 6 nitrogen and oxygen atoms in total. The van der Waals surface area contributed by atoms with Gasteiger partial charge >= 0.3 is 6.18 Å². The fourth-order valence-electron chi connectivity index (χ4n) is 5.06. The molecule has 1 aliphatic carbocycles. The van der Waals surface area contributed by atoms with Crippen LogP contribution in [0.3, 0.4) is 0 Å². The molecule has 2 aliphatic rings. The Morgan fingerprint density at radius 3 is 2.64 bits per heavy atom. The van der Waals surface area contributed by atoms with Crippen molar-refractivity contribution in [2.24, 2.45) is 5.92 Å². The summed E-state index contributed by atoms with van der Waals surface area (Å²) in [7, 11) is 3.79. The van der Waals surface area contributed by atoms with Gasteiger partial charge in [0.2, 0.25) is 5.91 Å². The minimum absolute atomic E-state index is 0.0321. The second-order valence-electron chi connectivity index (χ2n) is 9.43. The van der Waals surface area contributed by atoms with E-state index < -0.39 is 23.7 Å². The largest absolute Gasteiger partial charge is 0.416 e. The van der Waals surface area contributed by atoms with Gasteiger partial charge in [0.1, 0.15) is 6.04 Å². The zero-order chi connectivity index (χ0) is 24.3. The summed E-state index contributed by atoms with van der Waals surface area (Å²) in [5, 5.41) is 2.64. The summed E-state index contributed by atoms with van der Waals surface area (Å²) in [4.78, 5) is 29.9. The van der Waals surface area contributed by atoms with Gasteiger partial charge in [0.25, 0.3) is 5.91 Å². The van der Waals surface area contributed by atoms with E-state index in [4.69, 9.17) is 4.74 Å². The van der Waals surface area contributed by atoms with Crippen LogP contribution in [0.25, 0.3) is 0 Å². The van der Waals surface area contributed by atoms with E-state index in [0.29, 0.717) is 31.7 Å². The third kappa shape index (κ3) is 5.87. The van der Waals surface area contributed by atoms with E-state index in [1.165, 1.54) is 12.1 Å². The minimum Gasteiger partial charge on any atom is -0.384 e. The first-order valence-corrected chi connectivity index (χ1v) is 11.5. The molecule has 1 saturated carbocycles. The summed E-state index contributed by atoms with van der Waals surface area (Å²) in [6.07, 6.45) is -1.33. The fourth-order valence-corrected chi connectivity index (χ4v) is 5.06. The molecular formula is C24H34F3N3O3. The van der Waals surface area contributed by atoms with Crippen molar-refractivity contribution >= 4 is 11.8 Å². The number of benzene rings is 1. The van der Waals surface area contributed by atoms with Gasteiger partial charge in [-0.3, -0.25) is 9.59 Å². The second-order valence-corrected chi connectivity index (χ2v) is 9.43. The first-order chi connectivity index (χ1) is 15.5. The number of nitrogens with one attached hydrogen (secondary N) is 1. The smallest absolute Gasteiger partial charge is 0.384 e. The molecule has 0 radical (unpaired) electrons. The lowest BCUT2D eigenvalue weighted by Crippen LogP contribution is -2.52. The molecular weight excluding hydrogens is 435 g/mol. The number of likely N-dealkylation sites (tertiary alicyclic amines) is 1. The number of alkyl halides is 3. The summed E-state index contributed by atoms with van der Waals surface area (Å²) in [6, 6.07) is 4.41. The van der Waals surface area contributed by atoms with Gasteiger partial charge in [-0.2, -0.15) is 13.2 Å². The van der Waals surface area contributed by atoms with Gasteiger partial charge in [-0.1, -0.05) is 6.07 Å². The molecule has 33 heavy (non-hydrogen) atoms. The molecule has 2 fully saturated rings. The van der Waals surface area contributed by atoms with Crippen molar-refractivity contribution in [3.8, 4) is 0 Å². The van der Waals surface area contributed by atoms with Gasteiger partial charge in [0.05, 0.1) is 12.2 Å². The van der Waals surface area contributed by atoms with Crippen molar-refractivity contribution in [3.63, 3.8) is 0 Å². The van der Waals surface area contributed by atoms with Crippen molar-refractivity contribution in [1.29, 1.82) is 0 Å². The van der Waals surface area contributed by atoms with Crippen LogP contribution in [0, 0.1) is 5.92 Å².